The van der Waals surface area contributed by atoms with Crippen molar-refractivity contribution in [2.45, 2.75) is 24.9 Å². The lowest BCUT2D eigenvalue weighted by Crippen LogP contribution is -2.31. The molecular weight excluding hydrogens is 567 g/mol. The number of carbonyl (C=O) groups excluding carboxylic acids is 2. The van der Waals surface area contributed by atoms with Crippen molar-refractivity contribution >= 4 is 41.1 Å². The number of pyridine rings is 1. The number of nitrogen functional groups attached to an aromatic ring is 1. The van der Waals surface area contributed by atoms with Gasteiger partial charge in [-0.25, -0.2) is 15.0 Å². The van der Waals surface area contributed by atoms with Crippen LogP contribution in [0.15, 0.2) is 55.0 Å². The van der Waals surface area contributed by atoms with Crippen LogP contribution in [0, 0.1) is 5.92 Å². The number of aldehydes is 1. The molecule has 3 aromatic heterocycles. The van der Waals surface area contributed by atoms with Crippen molar-refractivity contribution in [3.63, 3.8) is 0 Å². The molecule has 0 radical (unpaired) electrons. The van der Waals surface area contributed by atoms with Crippen LogP contribution in [0.1, 0.15) is 40.5 Å². The molecule has 9 nitrogen and oxygen atoms in total. The van der Waals surface area contributed by atoms with Crippen molar-refractivity contribution in [2.24, 2.45) is 5.92 Å². The molecule has 1 unspecified atom stereocenters. The number of fused-ring (bicyclic) bond motifs is 1. The molecule has 220 valence electrons. The average Bonchev–Trinajstić information content (AvgIpc) is 3.34. The van der Waals surface area contributed by atoms with E-state index in [0.29, 0.717) is 22.9 Å². The highest BCUT2D eigenvalue weighted by Gasteiger charge is 2.31. The average molecular weight is 598 g/mol. The highest BCUT2D eigenvalue weighted by Crippen LogP contribution is 2.34. The van der Waals surface area contributed by atoms with Gasteiger partial charge in [-0.3, -0.25) is 9.20 Å². The molecule has 2 aliphatic rings. The Bertz CT molecular complexity index is 1570. The van der Waals surface area contributed by atoms with Gasteiger partial charge < -0.3 is 20.7 Å². The summed E-state index contributed by atoms with van der Waals surface area (Å²) >= 11 is 1.84. The summed E-state index contributed by atoms with van der Waals surface area (Å²) in [6, 6.07) is 8.29. The van der Waals surface area contributed by atoms with Crippen LogP contribution in [0.25, 0.3) is 16.8 Å². The highest BCUT2D eigenvalue weighted by atomic mass is 32.2. The first-order valence-corrected chi connectivity index (χ1v) is 14.6. The SMILES string of the molecule is CN1CCCC(c2nc(-c3ccc(C(=O)Nc4cc(C(F)(F)F)ccn4)cc3)c3c(N)nccn23)C1.O=CC1CSC1. The maximum absolute atomic E-state index is 12.9. The molecule has 2 saturated heterocycles. The van der Waals surface area contributed by atoms with E-state index < -0.39 is 17.6 Å². The van der Waals surface area contributed by atoms with Crippen LogP contribution >= 0.6 is 11.8 Å². The molecule has 2 aliphatic heterocycles. The molecule has 42 heavy (non-hydrogen) atoms. The quantitative estimate of drug-likeness (QED) is 0.309. The Hall–Kier alpha value is -3.97. The number of anilines is 2. The summed E-state index contributed by atoms with van der Waals surface area (Å²) in [7, 11) is 2.09. The molecule has 0 bridgehead atoms. The van der Waals surface area contributed by atoms with E-state index in [0.717, 1.165) is 73.4 Å². The Morgan fingerprint density at radius 1 is 1.14 bits per heavy atom. The predicted octanol–water partition coefficient (Wildman–Crippen LogP) is 5.00. The van der Waals surface area contributed by atoms with Gasteiger partial charge in [-0.2, -0.15) is 24.9 Å². The molecule has 1 aromatic carbocycles. The van der Waals surface area contributed by atoms with Gasteiger partial charge in [0.2, 0.25) is 0 Å². The number of nitrogens with one attached hydrogen (secondary N) is 1. The van der Waals surface area contributed by atoms with Gasteiger partial charge in [0.25, 0.3) is 5.91 Å². The fourth-order valence-corrected chi connectivity index (χ4v) is 5.59. The Morgan fingerprint density at radius 2 is 1.90 bits per heavy atom. The number of thioether (sulfide) groups is 1. The highest BCUT2D eigenvalue weighted by molar-refractivity contribution is 8.00. The summed E-state index contributed by atoms with van der Waals surface area (Å²) in [5.74, 6) is 3.28. The smallest absolute Gasteiger partial charge is 0.382 e. The number of halogens is 3. The standard InChI is InChI=1S/C25H24F3N7O.C4H6OS/c1-34-11-2-3-17(14-34)23-33-20(21-22(29)31-10-12-35(21)23)15-4-6-16(7-5-15)24(36)32-19-13-18(8-9-30-19)25(26,27)28;5-1-4-2-6-3-4/h4-10,12-13,17H,2-3,11,14H2,1H3,(H2,29,31)(H,30,32,36);1,4H,2-3H2. The lowest BCUT2D eigenvalue weighted by molar-refractivity contribution is -0.137. The fourth-order valence-electron chi connectivity index (χ4n) is 4.93. The normalized spacial score (nSPS) is 17.7. The molecule has 5 heterocycles. The van der Waals surface area contributed by atoms with Crippen LogP contribution in [0.3, 0.4) is 0 Å². The second-order valence-corrected chi connectivity index (χ2v) is 11.4. The number of aromatic nitrogens is 4. The maximum atomic E-state index is 12.9. The van der Waals surface area contributed by atoms with Crippen molar-refractivity contribution in [3.8, 4) is 11.3 Å². The zero-order valence-electron chi connectivity index (χ0n) is 22.8. The van der Waals surface area contributed by atoms with Crippen LogP contribution in [0.5, 0.6) is 0 Å². The van der Waals surface area contributed by atoms with Crippen LogP contribution in [0.4, 0.5) is 24.8 Å². The second-order valence-electron chi connectivity index (χ2n) is 10.3. The number of imidazole rings is 1. The van der Waals surface area contributed by atoms with Crippen LogP contribution in [-0.4, -0.2) is 68.1 Å². The zero-order chi connectivity index (χ0) is 29.9. The van der Waals surface area contributed by atoms with Crippen molar-refractivity contribution in [1.29, 1.82) is 0 Å². The molecule has 0 spiro atoms. The van der Waals surface area contributed by atoms with Gasteiger partial charge in [0.05, 0.1) is 5.56 Å². The van der Waals surface area contributed by atoms with Gasteiger partial charge in [0.15, 0.2) is 0 Å². The summed E-state index contributed by atoms with van der Waals surface area (Å²) in [6.45, 7) is 1.94. The third kappa shape index (κ3) is 6.57. The Morgan fingerprint density at radius 3 is 2.52 bits per heavy atom. The number of amides is 1. The largest absolute Gasteiger partial charge is 0.416 e. The topological polar surface area (TPSA) is 119 Å². The van der Waals surface area contributed by atoms with Gasteiger partial charge in [0.1, 0.15) is 35.0 Å². The number of benzene rings is 1. The summed E-state index contributed by atoms with van der Waals surface area (Å²) in [6.07, 6.45) is 3.13. The van der Waals surface area contributed by atoms with Crippen molar-refractivity contribution in [1.82, 2.24) is 24.3 Å². The van der Waals surface area contributed by atoms with Crippen molar-refractivity contribution in [3.05, 3.63) is 71.9 Å². The number of nitrogens with two attached hydrogens (primary N) is 1. The lowest BCUT2D eigenvalue weighted by Gasteiger charge is -2.28. The zero-order valence-corrected chi connectivity index (χ0v) is 23.7. The summed E-state index contributed by atoms with van der Waals surface area (Å²) in [5, 5.41) is 2.42. The lowest BCUT2D eigenvalue weighted by atomic mass is 9.98. The van der Waals surface area contributed by atoms with E-state index >= 15 is 0 Å². The number of carbonyl (C=O) groups is 2. The van der Waals surface area contributed by atoms with Crippen molar-refractivity contribution in [2.75, 3.05) is 42.7 Å². The summed E-state index contributed by atoms with van der Waals surface area (Å²) in [5.41, 5.74) is 7.72. The Labute approximate surface area is 244 Å². The number of hydrogen-bond donors (Lipinski definition) is 2. The first-order chi connectivity index (χ1) is 20.1. The number of likely N-dealkylation sites (tertiary alicyclic amines) is 1. The molecule has 6 rings (SSSR count). The minimum Gasteiger partial charge on any atom is -0.382 e. The van der Waals surface area contributed by atoms with Crippen LogP contribution in [-0.2, 0) is 11.0 Å². The predicted molar refractivity (Wildman–Crippen MR) is 156 cm³/mol. The third-order valence-electron chi connectivity index (χ3n) is 7.21. The molecule has 0 saturated carbocycles. The number of rotatable bonds is 5. The van der Waals surface area contributed by atoms with E-state index in [-0.39, 0.29) is 17.3 Å². The third-order valence-corrected chi connectivity index (χ3v) is 8.53. The van der Waals surface area contributed by atoms with Gasteiger partial charge in [-0.1, -0.05) is 12.1 Å². The summed E-state index contributed by atoms with van der Waals surface area (Å²) < 4.78 is 40.8. The van der Waals surface area contributed by atoms with E-state index in [1.807, 2.05) is 22.4 Å². The maximum Gasteiger partial charge on any atom is 0.416 e. The number of likely N-dealkylation sites (N-methyl/N-ethyl adjacent to an activating group) is 1. The number of alkyl halides is 3. The van der Waals surface area contributed by atoms with Crippen molar-refractivity contribution < 1.29 is 22.8 Å². The minimum atomic E-state index is -4.53. The molecule has 1 atom stereocenters. The minimum absolute atomic E-state index is 0.181. The number of hydrogen-bond acceptors (Lipinski definition) is 8. The molecule has 1 amide bonds. The van der Waals surface area contributed by atoms with Crippen LogP contribution < -0.4 is 11.1 Å². The Balaban J connectivity index is 0.000000524. The van der Waals surface area contributed by atoms with E-state index in [1.54, 1.807) is 30.5 Å². The summed E-state index contributed by atoms with van der Waals surface area (Å²) in [4.78, 5) is 37.7. The van der Waals surface area contributed by atoms with Gasteiger partial charge in [-0.15, -0.1) is 0 Å². The molecule has 4 aromatic rings. The number of piperidine rings is 1. The molecule has 2 fully saturated rings. The molecular formula is C29H30F3N7O2S. The van der Waals surface area contributed by atoms with Crippen LogP contribution in [0.2, 0.25) is 0 Å². The van der Waals surface area contributed by atoms with Gasteiger partial charge in [-0.05, 0) is 50.7 Å². The van der Waals surface area contributed by atoms with Gasteiger partial charge in [0, 0.05) is 59.6 Å². The monoisotopic (exact) mass is 597 g/mol. The van der Waals surface area contributed by atoms with E-state index in [9.17, 15) is 22.8 Å². The van der Waals surface area contributed by atoms with E-state index in [2.05, 4.69) is 27.2 Å². The Kier molecular flexibility index (Phi) is 8.78. The van der Waals surface area contributed by atoms with E-state index in [4.69, 9.17) is 10.7 Å². The molecule has 13 heteroatoms. The second kappa shape index (κ2) is 12.5. The first kappa shape index (κ1) is 29.5. The fraction of sp³-hybridized carbons (Fsp3) is 0.345. The molecule has 3 N–H and O–H groups in total. The number of nitrogens with zero attached hydrogens (tertiary/aromatic N) is 5. The molecule has 0 aliphatic carbocycles. The first-order valence-electron chi connectivity index (χ1n) is 13.4. The van der Waals surface area contributed by atoms with Gasteiger partial charge >= 0.3 is 6.18 Å². The van der Waals surface area contributed by atoms with E-state index in [1.165, 1.54) is 0 Å².